The molecule has 5 nitrogen and oxygen atoms in total. The summed E-state index contributed by atoms with van der Waals surface area (Å²) < 4.78 is 16.7. The lowest BCUT2D eigenvalue weighted by atomic mass is 9.95. The molecule has 28 heavy (non-hydrogen) atoms. The normalized spacial score (nSPS) is 13.9. The molecule has 6 heteroatoms. The van der Waals surface area contributed by atoms with Crippen LogP contribution in [-0.2, 0) is 4.79 Å². The molecule has 1 atom stereocenters. The summed E-state index contributed by atoms with van der Waals surface area (Å²) in [5, 5.41) is 3.16. The van der Waals surface area contributed by atoms with Crippen LogP contribution in [0.4, 0.5) is 0 Å². The molecule has 2 aromatic rings. The summed E-state index contributed by atoms with van der Waals surface area (Å²) >= 11 is 1.51. The van der Waals surface area contributed by atoms with E-state index >= 15 is 0 Å². The number of ether oxygens (including phenoxy) is 3. The molecule has 0 bridgehead atoms. The first-order chi connectivity index (χ1) is 13.6. The predicted octanol–water partition coefficient (Wildman–Crippen LogP) is 4.46. The smallest absolute Gasteiger partial charge is 0.230 e. The summed E-state index contributed by atoms with van der Waals surface area (Å²) in [6.07, 6.45) is 0. The predicted molar refractivity (Wildman–Crippen MR) is 111 cm³/mol. The van der Waals surface area contributed by atoms with E-state index in [0.717, 1.165) is 27.7 Å². The first-order valence-corrected chi connectivity index (χ1v) is 10.6. The summed E-state index contributed by atoms with van der Waals surface area (Å²) in [5.74, 6) is 2.97. The molecule has 0 saturated carbocycles. The van der Waals surface area contributed by atoms with Gasteiger partial charge >= 0.3 is 0 Å². The number of carbonyl (C=O) groups excluding carboxylic acids is 1. The molecule has 150 valence electrons. The molecule has 3 rings (SSSR count). The molecule has 2 aromatic carbocycles. The summed E-state index contributed by atoms with van der Waals surface area (Å²) in [7, 11) is 0. The standard InChI is InChI=1S/C22H27NO4S/c1-4-25-17-6-8-18(9-7-17)28-14-21(24)23-22(15(2)3)16-5-10-19-20(13-16)27-12-11-26-19/h5-10,13,15,22H,4,11-12,14H2,1-3H3,(H,23,24)/t22-/m0/s1. The lowest BCUT2D eigenvalue weighted by molar-refractivity contribution is -0.119. The van der Waals surface area contributed by atoms with Crippen molar-refractivity contribution in [1.29, 1.82) is 0 Å². The maximum atomic E-state index is 12.6. The van der Waals surface area contributed by atoms with Gasteiger partial charge in [-0.1, -0.05) is 19.9 Å². The average molecular weight is 402 g/mol. The fraction of sp³-hybridized carbons (Fsp3) is 0.409. The van der Waals surface area contributed by atoms with Crippen LogP contribution in [0.1, 0.15) is 32.4 Å². The lowest BCUT2D eigenvalue weighted by Gasteiger charge is -2.25. The molecule has 0 radical (unpaired) electrons. The number of carbonyl (C=O) groups is 1. The Bertz CT molecular complexity index is 792. The van der Waals surface area contributed by atoms with E-state index in [1.165, 1.54) is 11.8 Å². The molecule has 1 amide bonds. The van der Waals surface area contributed by atoms with Crippen molar-refractivity contribution in [3.63, 3.8) is 0 Å². The monoisotopic (exact) mass is 401 g/mol. The molecule has 0 aromatic heterocycles. The van der Waals surface area contributed by atoms with E-state index < -0.39 is 0 Å². The fourth-order valence-corrected chi connectivity index (χ4v) is 3.76. The van der Waals surface area contributed by atoms with Crippen molar-refractivity contribution in [3.8, 4) is 17.2 Å². The highest BCUT2D eigenvalue weighted by Crippen LogP contribution is 2.34. The Morgan fingerprint density at radius 2 is 1.82 bits per heavy atom. The van der Waals surface area contributed by atoms with Crippen molar-refractivity contribution in [3.05, 3.63) is 48.0 Å². The number of rotatable bonds is 8. The van der Waals surface area contributed by atoms with Crippen LogP contribution in [0.5, 0.6) is 17.2 Å². The van der Waals surface area contributed by atoms with Crippen molar-refractivity contribution in [1.82, 2.24) is 5.32 Å². The Kier molecular flexibility index (Phi) is 7.09. The SMILES string of the molecule is CCOc1ccc(SCC(=O)N[C@H](c2ccc3c(c2)OCCO3)C(C)C)cc1. The largest absolute Gasteiger partial charge is 0.494 e. The number of benzene rings is 2. The average Bonchev–Trinajstić information content (AvgIpc) is 2.71. The Morgan fingerprint density at radius 3 is 2.50 bits per heavy atom. The van der Waals surface area contributed by atoms with Gasteiger partial charge in [0.1, 0.15) is 19.0 Å². The molecular weight excluding hydrogens is 374 g/mol. The number of hydrogen-bond acceptors (Lipinski definition) is 5. The second-order valence-electron chi connectivity index (χ2n) is 6.89. The maximum absolute atomic E-state index is 12.6. The Morgan fingerprint density at radius 1 is 1.11 bits per heavy atom. The number of fused-ring (bicyclic) bond motifs is 1. The van der Waals surface area contributed by atoms with Gasteiger partial charge in [0.25, 0.3) is 0 Å². The van der Waals surface area contributed by atoms with Gasteiger partial charge in [-0.15, -0.1) is 11.8 Å². The molecule has 1 heterocycles. The van der Waals surface area contributed by atoms with E-state index in [0.29, 0.717) is 25.6 Å². The molecule has 0 unspecified atom stereocenters. The van der Waals surface area contributed by atoms with Gasteiger partial charge in [-0.25, -0.2) is 0 Å². The quantitative estimate of drug-likeness (QED) is 0.662. The van der Waals surface area contributed by atoms with Gasteiger partial charge in [0.2, 0.25) is 5.91 Å². The van der Waals surface area contributed by atoms with E-state index in [2.05, 4.69) is 19.2 Å². The summed E-state index contributed by atoms with van der Waals surface area (Å²) in [6, 6.07) is 13.6. The van der Waals surface area contributed by atoms with Crippen LogP contribution >= 0.6 is 11.8 Å². The van der Waals surface area contributed by atoms with Gasteiger partial charge in [0, 0.05) is 4.90 Å². The lowest BCUT2D eigenvalue weighted by Crippen LogP contribution is -2.33. The van der Waals surface area contributed by atoms with Crippen LogP contribution in [0.15, 0.2) is 47.4 Å². The van der Waals surface area contributed by atoms with Crippen molar-refractivity contribution < 1.29 is 19.0 Å². The molecule has 0 fully saturated rings. The van der Waals surface area contributed by atoms with E-state index in [1.54, 1.807) is 0 Å². The summed E-state index contributed by atoms with van der Waals surface area (Å²) in [4.78, 5) is 13.6. The second kappa shape index (κ2) is 9.73. The minimum absolute atomic E-state index is 0.00692. The third-order valence-electron chi connectivity index (χ3n) is 4.41. The Hall–Kier alpha value is -2.34. The first-order valence-electron chi connectivity index (χ1n) is 9.61. The van der Waals surface area contributed by atoms with E-state index in [-0.39, 0.29) is 17.9 Å². The van der Waals surface area contributed by atoms with Gasteiger partial charge in [0.15, 0.2) is 11.5 Å². The molecule has 0 saturated heterocycles. The van der Waals surface area contributed by atoms with Crippen LogP contribution < -0.4 is 19.5 Å². The zero-order valence-electron chi connectivity index (χ0n) is 16.6. The number of hydrogen-bond donors (Lipinski definition) is 1. The van der Waals surface area contributed by atoms with Crippen LogP contribution in [0, 0.1) is 5.92 Å². The van der Waals surface area contributed by atoms with Crippen LogP contribution in [0.3, 0.4) is 0 Å². The third-order valence-corrected chi connectivity index (χ3v) is 5.43. The zero-order valence-corrected chi connectivity index (χ0v) is 17.4. The van der Waals surface area contributed by atoms with Crippen molar-refractivity contribution in [2.24, 2.45) is 5.92 Å². The molecule has 0 spiro atoms. The van der Waals surface area contributed by atoms with Crippen LogP contribution in [0.25, 0.3) is 0 Å². The second-order valence-corrected chi connectivity index (χ2v) is 7.93. The minimum atomic E-state index is -0.0794. The summed E-state index contributed by atoms with van der Waals surface area (Å²) in [6.45, 7) is 7.92. The zero-order chi connectivity index (χ0) is 19.9. The van der Waals surface area contributed by atoms with Gasteiger partial charge in [-0.05, 0) is 54.8 Å². The molecular formula is C22H27NO4S. The van der Waals surface area contributed by atoms with Crippen molar-refractivity contribution >= 4 is 17.7 Å². The highest BCUT2D eigenvalue weighted by atomic mass is 32.2. The Labute approximate surface area is 170 Å². The highest BCUT2D eigenvalue weighted by Gasteiger charge is 2.21. The fourth-order valence-electron chi connectivity index (χ4n) is 3.05. The van der Waals surface area contributed by atoms with Gasteiger partial charge < -0.3 is 19.5 Å². The summed E-state index contributed by atoms with van der Waals surface area (Å²) in [5.41, 5.74) is 1.03. The van der Waals surface area contributed by atoms with Crippen molar-refractivity contribution in [2.75, 3.05) is 25.6 Å². The number of thioether (sulfide) groups is 1. The molecule has 1 aliphatic heterocycles. The number of amides is 1. The number of nitrogens with one attached hydrogen (secondary N) is 1. The third kappa shape index (κ3) is 5.35. The highest BCUT2D eigenvalue weighted by molar-refractivity contribution is 8.00. The van der Waals surface area contributed by atoms with E-state index in [4.69, 9.17) is 14.2 Å². The molecule has 1 N–H and O–H groups in total. The first kappa shape index (κ1) is 20.4. The van der Waals surface area contributed by atoms with Gasteiger partial charge in [-0.3, -0.25) is 4.79 Å². The van der Waals surface area contributed by atoms with Gasteiger partial charge in [-0.2, -0.15) is 0 Å². The van der Waals surface area contributed by atoms with Crippen LogP contribution in [-0.4, -0.2) is 31.5 Å². The van der Waals surface area contributed by atoms with Gasteiger partial charge in [0.05, 0.1) is 18.4 Å². The van der Waals surface area contributed by atoms with E-state index in [9.17, 15) is 4.79 Å². The molecule has 1 aliphatic rings. The minimum Gasteiger partial charge on any atom is -0.494 e. The molecule has 0 aliphatic carbocycles. The van der Waals surface area contributed by atoms with E-state index in [1.807, 2.05) is 49.4 Å². The van der Waals surface area contributed by atoms with Crippen molar-refractivity contribution in [2.45, 2.75) is 31.7 Å². The maximum Gasteiger partial charge on any atom is 0.230 e. The Balaban J connectivity index is 1.60. The topological polar surface area (TPSA) is 56.8 Å². The van der Waals surface area contributed by atoms with Crippen LogP contribution in [0.2, 0.25) is 0 Å².